The molecule has 0 amide bonds. The largest absolute Gasteiger partial charge is 0.463 e. The number of hydrogen-bond donors (Lipinski definition) is 0. The lowest BCUT2D eigenvalue weighted by atomic mass is 9.62. The maximum atomic E-state index is 13.0. The number of hydrogen-bond acceptors (Lipinski definition) is 4. The third-order valence-corrected chi connectivity index (χ3v) is 10.1. The second-order valence-electron chi connectivity index (χ2n) is 11.1. The molecule has 0 radical (unpaired) electrons. The zero-order valence-corrected chi connectivity index (χ0v) is 17.5. The first kappa shape index (κ1) is 18.2. The van der Waals surface area contributed by atoms with Gasteiger partial charge in [-0.3, -0.25) is 4.79 Å². The van der Waals surface area contributed by atoms with Gasteiger partial charge >= 0.3 is 5.97 Å². The number of ether oxygens (including phenoxy) is 3. The predicted octanol–water partition coefficient (Wildman–Crippen LogP) is 4.42. The van der Waals surface area contributed by atoms with Crippen LogP contribution in [0.5, 0.6) is 0 Å². The van der Waals surface area contributed by atoms with Crippen LogP contribution in [0.1, 0.15) is 65.2 Å². The van der Waals surface area contributed by atoms with Crippen molar-refractivity contribution in [2.45, 2.75) is 77.1 Å². The number of fused-ring (bicyclic) bond motifs is 9. The summed E-state index contributed by atoms with van der Waals surface area (Å²) in [7, 11) is 0. The standard InChI is InChI=1S/C24H36O4/c1-13-14(2)18-10-17(13)21-15-8-19(22(18)21)20(9-15)23(25)26-11-16-12-27-24(28-16)6-4-3-5-7-24/h13-22H,3-12H2,1-2H3. The van der Waals surface area contributed by atoms with Crippen LogP contribution in [0.4, 0.5) is 0 Å². The molecule has 6 aliphatic rings. The molecule has 28 heavy (non-hydrogen) atoms. The van der Waals surface area contributed by atoms with Gasteiger partial charge in [0.25, 0.3) is 0 Å². The molecule has 0 aromatic heterocycles. The van der Waals surface area contributed by atoms with E-state index in [4.69, 9.17) is 14.2 Å². The van der Waals surface area contributed by atoms with Gasteiger partial charge in [0, 0.05) is 12.8 Å². The van der Waals surface area contributed by atoms with Crippen LogP contribution >= 0.6 is 0 Å². The van der Waals surface area contributed by atoms with Crippen LogP contribution in [-0.4, -0.2) is 31.1 Å². The zero-order chi connectivity index (χ0) is 19.0. The van der Waals surface area contributed by atoms with Crippen molar-refractivity contribution in [3.63, 3.8) is 0 Å². The number of carbonyl (C=O) groups is 1. The molecule has 4 bridgehead atoms. The summed E-state index contributed by atoms with van der Waals surface area (Å²) < 4.78 is 18.0. The summed E-state index contributed by atoms with van der Waals surface area (Å²) in [4.78, 5) is 13.0. The fourth-order valence-corrected chi connectivity index (χ4v) is 8.83. The Morgan fingerprint density at radius 2 is 1.71 bits per heavy atom. The van der Waals surface area contributed by atoms with Crippen LogP contribution in [0.3, 0.4) is 0 Å². The maximum absolute atomic E-state index is 13.0. The zero-order valence-electron chi connectivity index (χ0n) is 17.5. The van der Waals surface area contributed by atoms with Crippen LogP contribution < -0.4 is 0 Å². The van der Waals surface area contributed by atoms with Gasteiger partial charge in [-0.2, -0.15) is 0 Å². The van der Waals surface area contributed by atoms with Crippen molar-refractivity contribution in [3.8, 4) is 0 Å². The van der Waals surface area contributed by atoms with Crippen LogP contribution in [0.15, 0.2) is 0 Å². The van der Waals surface area contributed by atoms with Crippen molar-refractivity contribution >= 4 is 5.97 Å². The molecular formula is C24H36O4. The molecule has 4 nitrogen and oxygen atoms in total. The SMILES string of the molecule is CC1C(C)C2CC1C1C3CC(C(=O)OCC4COC5(CCCCC5)O4)C(C3)C21. The first-order chi connectivity index (χ1) is 13.6. The van der Waals surface area contributed by atoms with E-state index in [0.29, 0.717) is 19.1 Å². The molecule has 6 rings (SSSR count). The molecule has 1 aliphatic heterocycles. The van der Waals surface area contributed by atoms with Crippen molar-refractivity contribution in [2.75, 3.05) is 13.2 Å². The minimum atomic E-state index is -0.370. The minimum Gasteiger partial charge on any atom is -0.463 e. The lowest BCUT2D eigenvalue weighted by Gasteiger charge is -2.43. The molecular weight excluding hydrogens is 352 g/mol. The fraction of sp³-hybridized carbons (Fsp3) is 0.958. The smallest absolute Gasteiger partial charge is 0.309 e. The van der Waals surface area contributed by atoms with Gasteiger partial charge in [-0.1, -0.05) is 20.3 Å². The molecule has 0 N–H and O–H groups in total. The Labute approximate surface area is 169 Å². The normalized spacial score (nSPS) is 53.1. The summed E-state index contributed by atoms with van der Waals surface area (Å²) in [5.74, 6) is 6.49. The molecule has 5 saturated carbocycles. The van der Waals surface area contributed by atoms with E-state index in [0.717, 1.165) is 60.7 Å². The lowest BCUT2D eigenvalue weighted by Crippen LogP contribution is -2.41. The Kier molecular flexibility index (Phi) is 4.18. The number of rotatable bonds is 3. The summed E-state index contributed by atoms with van der Waals surface area (Å²) in [6.07, 6.45) is 9.35. The Hall–Kier alpha value is -0.610. The Bertz CT molecular complexity index is 641. The van der Waals surface area contributed by atoms with Gasteiger partial charge in [-0.25, -0.2) is 0 Å². The Morgan fingerprint density at radius 1 is 0.964 bits per heavy atom. The van der Waals surface area contributed by atoms with E-state index in [9.17, 15) is 4.79 Å². The summed E-state index contributed by atoms with van der Waals surface area (Å²) in [5.41, 5.74) is 0. The number of carbonyl (C=O) groups excluding carboxylic acids is 1. The van der Waals surface area contributed by atoms with E-state index >= 15 is 0 Å². The minimum absolute atomic E-state index is 0.0580. The van der Waals surface area contributed by atoms with Gasteiger partial charge in [0.15, 0.2) is 5.79 Å². The molecule has 1 heterocycles. The Balaban J connectivity index is 1.06. The molecule has 4 heteroatoms. The predicted molar refractivity (Wildman–Crippen MR) is 104 cm³/mol. The van der Waals surface area contributed by atoms with Crippen molar-refractivity contribution in [1.82, 2.24) is 0 Å². The molecule has 10 unspecified atom stereocenters. The first-order valence-electron chi connectivity index (χ1n) is 12.0. The van der Waals surface area contributed by atoms with Crippen LogP contribution in [-0.2, 0) is 19.0 Å². The van der Waals surface area contributed by atoms with E-state index in [1.165, 1.54) is 32.1 Å². The summed E-state index contributed by atoms with van der Waals surface area (Å²) >= 11 is 0. The highest BCUT2D eigenvalue weighted by atomic mass is 16.8. The lowest BCUT2D eigenvalue weighted by molar-refractivity contribution is -0.193. The topological polar surface area (TPSA) is 44.8 Å². The van der Waals surface area contributed by atoms with E-state index in [2.05, 4.69) is 13.8 Å². The Morgan fingerprint density at radius 3 is 2.50 bits per heavy atom. The van der Waals surface area contributed by atoms with Gasteiger partial charge in [0.1, 0.15) is 12.7 Å². The molecule has 5 aliphatic carbocycles. The molecule has 1 spiro atoms. The summed E-state index contributed by atoms with van der Waals surface area (Å²) in [6, 6.07) is 0. The van der Waals surface area contributed by atoms with Gasteiger partial charge in [-0.05, 0) is 79.4 Å². The third kappa shape index (κ3) is 2.52. The molecule has 6 fully saturated rings. The molecule has 156 valence electrons. The van der Waals surface area contributed by atoms with Crippen molar-refractivity contribution in [1.29, 1.82) is 0 Å². The molecule has 1 saturated heterocycles. The van der Waals surface area contributed by atoms with Crippen LogP contribution in [0.2, 0.25) is 0 Å². The van der Waals surface area contributed by atoms with Crippen molar-refractivity contribution in [2.24, 2.45) is 53.3 Å². The highest BCUT2D eigenvalue weighted by Crippen LogP contribution is 2.71. The number of esters is 1. The van der Waals surface area contributed by atoms with Gasteiger partial charge in [0.2, 0.25) is 0 Å². The maximum Gasteiger partial charge on any atom is 0.309 e. The van der Waals surface area contributed by atoms with Crippen molar-refractivity contribution in [3.05, 3.63) is 0 Å². The summed E-state index contributed by atoms with van der Waals surface area (Å²) in [6.45, 7) is 5.89. The quantitative estimate of drug-likeness (QED) is 0.530. The highest BCUT2D eigenvalue weighted by molar-refractivity contribution is 5.73. The van der Waals surface area contributed by atoms with Crippen LogP contribution in [0.25, 0.3) is 0 Å². The third-order valence-electron chi connectivity index (χ3n) is 10.1. The summed E-state index contributed by atoms with van der Waals surface area (Å²) in [5, 5.41) is 0. The second kappa shape index (κ2) is 6.44. The highest BCUT2D eigenvalue weighted by Gasteiger charge is 2.66. The molecule has 10 atom stereocenters. The fourth-order valence-electron chi connectivity index (χ4n) is 8.83. The van der Waals surface area contributed by atoms with Gasteiger partial charge in [-0.15, -0.1) is 0 Å². The average Bonchev–Trinajstić information content (AvgIpc) is 3.48. The van der Waals surface area contributed by atoms with Crippen molar-refractivity contribution < 1.29 is 19.0 Å². The van der Waals surface area contributed by atoms with E-state index < -0.39 is 0 Å². The van der Waals surface area contributed by atoms with Crippen LogP contribution in [0, 0.1) is 53.3 Å². The van der Waals surface area contributed by atoms with Gasteiger partial charge in [0.05, 0.1) is 12.5 Å². The first-order valence-corrected chi connectivity index (χ1v) is 12.0. The molecule has 0 aromatic carbocycles. The van der Waals surface area contributed by atoms with E-state index in [1.807, 2.05) is 0 Å². The van der Waals surface area contributed by atoms with E-state index in [-0.39, 0.29) is 23.8 Å². The average molecular weight is 389 g/mol. The van der Waals surface area contributed by atoms with E-state index in [1.54, 1.807) is 0 Å². The molecule has 0 aromatic rings. The monoisotopic (exact) mass is 388 g/mol. The van der Waals surface area contributed by atoms with Gasteiger partial charge < -0.3 is 14.2 Å². The second-order valence-corrected chi connectivity index (χ2v) is 11.1.